The van der Waals surface area contributed by atoms with Crippen LogP contribution in [-0.2, 0) is 18.4 Å². The van der Waals surface area contributed by atoms with Crippen molar-refractivity contribution in [2.24, 2.45) is 7.05 Å². The molecule has 0 bridgehead atoms. The zero-order valence-corrected chi connectivity index (χ0v) is 14.8. The van der Waals surface area contributed by atoms with Gasteiger partial charge in [0.05, 0.1) is 6.20 Å². The van der Waals surface area contributed by atoms with Crippen molar-refractivity contribution in [1.82, 2.24) is 24.5 Å². The maximum absolute atomic E-state index is 13.1. The Labute approximate surface area is 139 Å². The molecule has 0 N–H and O–H groups in total. The molecule has 1 spiro atoms. The van der Waals surface area contributed by atoms with E-state index in [0.29, 0.717) is 11.9 Å². The van der Waals surface area contributed by atoms with Gasteiger partial charge in [-0.1, -0.05) is 0 Å². The van der Waals surface area contributed by atoms with Crippen molar-refractivity contribution in [3.05, 3.63) is 18.0 Å². The van der Waals surface area contributed by atoms with Crippen LogP contribution in [0.3, 0.4) is 0 Å². The van der Waals surface area contributed by atoms with Crippen molar-refractivity contribution in [3.63, 3.8) is 0 Å². The van der Waals surface area contributed by atoms with Gasteiger partial charge in [0.25, 0.3) is 0 Å². The van der Waals surface area contributed by atoms with Crippen LogP contribution in [-0.4, -0.2) is 75.2 Å². The van der Waals surface area contributed by atoms with E-state index < -0.39 is 0 Å². The first-order valence-corrected chi connectivity index (χ1v) is 8.64. The Morgan fingerprint density at radius 2 is 1.87 bits per heavy atom. The third-order valence-corrected chi connectivity index (χ3v) is 5.54. The highest BCUT2D eigenvalue weighted by molar-refractivity contribution is 5.87. The first kappa shape index (κ1) is 16.5. The molecule has 0 atom stereocenters. The third kappa shape index (κ3) is 3.02. The number of nitrogens with zero attached hydrogens (tertiary/aromatic N) is 5. The normalized spacial score (nSPS) is 23.2. The lowest BCUT2D eigenvalue weighted by Crippen LogP contribution is -2.68. The Morgan fingerprint density at radius 3 is 2.43 bits per heavy atom. The van der Waals surface area contributed by atoms with E-state index >= 15 is 0 Å². The van der Waals surface area contributed by atoms with Crippen LogP contribution in [0.5, 0.6) is 0 Å². The summed E-state index contributed by atoms with van der Waals surface area (Å²) in [4.78, 5) is 19.9. The Kier molecular flexibility index (Phi) is 4.47. The van der Waals surface area contributed by atoms with E-state index in [1.54, 1.807) is 0 Å². The molecule has 2 saturated heterocycles. The number of hydrogen-bond donors (Lipinski definition) is 0. The number of carbonyl (C=O) groups excluding carboxylic acids is 1. The molecule has 0 saturated carbocycles. The second-order valence-electron chi connectivity index (χ2n) is 7.34. The number of amides is 1. The van der Waals surface area contributed by atoms with E-state index in [0.717, 1.165) is 45.6 Å². The molecule has 0 radical (unpaired) electrons. The molecule has 0 aromatic carbocycles. The minimum Gasteiger partial charge on any atom is -0.337 e. The molecule has 2 fully saturated rings. The molecule has 6 heteroatoms. The molecule has 0 aliphatic carbocycles. The van der Waals surface area contributed by atoms with Crippen molar-refractivity contribution >= 4 is 5.91 Å². The number of likely N-dealkylation sites (tertiary alicyclic amines) is 1. The maximum Gasteiger partial charge on any atom is 0.243 e. The predicted molar refractivity (Wildman–Crippen MR) is 89.9 cm³/mol. The zero-order chi connectivity index (χ0) is 16.6. The Morgan fingerprint density at radius 1 is 1.17 bits per heavy atom. The molecule has 1 aromatic rings. The summed E-state index contributed by atoms with van der Waals surface area (Å²) >= 11 is 0. The van der Waals surface area contributed by atoms with Gasteiger partial charge in [-0.2, -0.15) is 5.10 Å². The van der Waals surface area contributed by atoms with Gasteiger partial charge in [0.2, 0.25) is 5.91 Å². The van der Waals surface area contributed by atoms with E-state index in [4.69, 9.17) is 0 Å². The number of hydrogen-bond acceptors (Lipinski definition) is 4. The van der Waals surface area contributed by atoms with E-state index in [1.165, 1.54) is 5.56 Å². The van der Waals surface area contributed by atoms with Gasteiger partial charge in [-0.3, -0.25) is 19.3 Å². The highest BCUT2D eigenvalue weighted by atomic mass is 16.2. The van der Waals surface area contributed by atoms with E-state index in [9.17, 15) is 4.79 Å². The number of aromatic nitrogens is 2. The van der Waals surface area contributed by atoms with Crippen LogP contribution >= 0.6 is 0 Å². The quantitative estimate of drug-likeness (QED) is 0.832. The van der Waals surface area contributed by atoms with Crippen molar-refractivity contribution in [2.75, 3.05) is 33.2 Å². The van der Waals surface area contributed by atoms with Gasteiger partial charge in [-0.25, -0.2) is 0 Å². The molecular weight excluding hydrogens is 290 g/mol. The summed E-state index contributed by atoms with van der Waals surface area (Å²) in [5.74, 6) is 0.335. The summed E-state index contributed by atoms with van der Waals surface area (Å²) in [6.45, 7) is 8.94. The van der Waals surface area contributed by atoms with Crippen molar-refractivity contribution in [2.45, 2.75) is 44.8 Å². The van der Waals surface area contributed by atoms with Crippen molar-refractivity contribution in [1.29, 1.82) is 0 Å². The fraction of sp³-hybridized carbons (Fsp3) is 0.765. The second kappa shape index (κ2) is 6.24. The molecule has 23 heavy (non-hydrogen) atoms. The van der Waals surface area contributed by atoms with Gasteiger partial charge in [0.1, 0.15) is 5.54 Å². The monoisotopic (exact) mass is 319 g/mol. The fourth-order valence-electron chi connectivity index (χ4n) is 3.98. The third-order valence-electron chi connectivity index (χ3n) is 5.54. The smallest absolute Gasteiger partial charge is 0.243 e. The zero-order valence-electron chi connectivity index (χ0n) is 14.8. The molecule has 2 aliphatic heterocycles. The van der Waals surface area contributed by atoms with Gasteiger partial charge < -0.3 is 4.90 Å². The fourth-order valence-corrected chi connectivity index (χ4v) is 3.98. The summed E-state index contributed by atoms with van der Waals surface area (Å²) < 4.78 is 1.85. The van der Waals surface area contributed by atoms with Crippen molar-refractivity contribution < 1.29 is 4.79 Å². The van der Waals surface area contributed by atoms with Gasteiger partial charge in [0.15, 0.2) is 0 Å². The SMILES string of the molecule is CC(C)N1CCN(C)C2(CCN(Cc3cnn(C)c3)CC2)C1=O. The largest absolute Gasteiger partial charge is 0.337 e. The van der Waals surface area contributed by atoms with Crippen LogP contribution in [0.4, 0.5) is 0 Å². The summed E-state index contributed by atoms with van der Waals surface area (Å²) in [6, 6.07) is 0.293. The molecule has 3 heterocycles. The molecule has 1 aromatic heterocycles. The minimum absolute atomic E-state index is 0.284. The Bertz CT molecular complexity index is 559. The van der Waals surface area contributed by atoms with Crippen molar-refractivity contribution in [3.8, 4) is 0 Å². The number of piperidine rings is 1. The number of aryl methyl sites for hydroxylation is 1. The highest BCUT2D eigenvalue weighted by Gasteiger charge is 2.49. The van der Waals surface area contributed by atoms with Gasteiger partial charge >= 0.3 is 0 Å². The number of piperazine rings is 1. The van der Waals surface area contributed by atoms with Gasteiger partial charge in [-0.05, 0) is 33.7 Å². The van der Waals surface area contributed by atoms with Gasteiger partial charge in [-0.15, -0.1) is 0 Å². The Hall–Kier alpha value is -1.40. The average molecular weight is 319 g/mol. The lowest BCUT2D eigenvalue weighted by molar-refractivity contribution is -0.156. The second-order valence-corrected chi connectivity index (χ2v) is 7.34. The molecular formula is C17H29N5O. The Balaban J connectivity index is 1.67. The van der Waals surface area contributed by atoms with E-state index in [1.807, 2.05) is 17.9 Å². The predicted octanol–water partition coefficient (Wildman–Crippen LogP) is 0.937. The average Bonchev–Trinajstić information content (AvgIpc) is 2.91. The minimum atomic E-state index is -0.284. The topological polar surface area (TPSA) is 44.6 Å². The standard InChI is InChI=1S/C17H29N5O/c1-14(2)22-10-9-19(3)17(16(22)23)5-7-21(8-6-17)13-15-11-18-20(4)12-15/h11-12,14H,5-10,13H2,1-4H3. The van der Waals surface area contributed by atoms with Crippen LogP contribution in [0, 0.1) is 0 Å². The van der Waals surface area contributed by atoms with Crippen LogP contribution in [0.25, 0.3) is 0 Å². The van der Waals surface area contributed by atoms with Crippen LogP contribution in [0.15, 0.2) is 12.4 Å². The highest BCUT2D eigenvalue weighted by Crippen LogP contribution is 2.33. The summed E-state index contributed by atoms with van der Waals surface area (Å²) in [6.07, 6.45) is 5.85. The van der Waals surface area contributed by atoms with Crippen LogP contribution in [0.2, 0.25) is 0 Å². The first-order chi connectivity index (χ1) is 10.9. The van der Waals surface area contributed by atoms with Crippen LogP contribution < -0.4 is 0 Å². The molecule has 0 unspecified atom stereocenters. The van der Waals surface area contributed by atoms with Crippen LogP contribution in [0.1, 0.15) is 32.3 Å². The summed E-state index contributed by atoms with van der Waals surface area (Å²) in [7, 11) is 4.07. The van der Waals surface area contributed by atoms with E-state index in [-0.39, 0.29) is 5.54 Å². The first-order valence-electron chi connectivity index (χ1n) is 8.64. The summed E-state index contributed by atoms with van der Waals surface area (Å²) in [5, 5.41) is 4.24. The lowest BCUT2D eigenvalue weighted by atomic mass is 9.82. The molecule has 128 valence electrons. The molecule has 6 nitrogen and oxygen atoms in total. The number of rotatable bonds is 3. The molecule has 1 amide bonds. The summed E-state index contributed by atoms with van der Waals surface area (Å²) in [5.41, 5.74) is 0.962. The number of likely N-dealkylation sites (N-methyl/N-ethyl adjacent to an activating group) is 1. The van der Waals surface area contributed by atoms with Gasteiger partial charge in [0, 0.05) is 57.6 Å². The lowest BCUT2D eigenvalue weighted by Gasteiger charge is -2.52. The van der Waals surface area contributed by atoms with E-state index in [2.05, 4.69) is 46.9 Å². The maximum atomic E-state index is 13.1. The molecule has 2 aliphatic rings. The number of carbonyl (C=O) groups is 1. The molecule has 3 rings (SSSR count).